The van der Waals surface area contributed by atoms with Crippen LogP contribution in [0.25, 0.3) is 0 Å². The van der Waals surface area contributed by atoms with Gasteiger partial charge >= 0.3 is 5.97 Å². The number of nitrogens with zero attached hydrogens (tertiary/aromatic N) is 2. The molecule has 1 aliphatic rings. The fourth-order valence-electron chi connectivity index (χ4n) is 3.07. The standard InChI is InChI=1S/C20H22ClN3O3/c1-14(27-20(26)17-8-7-15(21)13-18(17)22)19(25)24-11-9-23(10-12-24)16-5-3-2-4-6-16/h2-8,13-14H,9-12,22H2,1H3/t14-/m0/s1. The summed E-state index contributed by atoms with van der Waals surface area (Å²) < 4.78 is 5.32. The Kier molecular flexibility index (Phi) is 5.86. The second-order valence-electron chi connectivity index (χ2n) is 6.43. The number of carbonyl (C=O) groups excluding carboxylic acids is 2. The van der Waals surface area contributed by atoms with E-state index in [1.54, 1.807) is 17.9 Å². The molecule has 1 amide bonds. The molecular weight excluding hydrogens is 366 g/mol. The summed E-state index contributed by atoms with van der Waals surface area (Å²) in [6.07, 6.45) is -0.879. The van der Waals surface area contributed by atoms with Gasteiger partial charge in [-0.1, -0.05) is 29.8 Å². The maximum absolute atomic E-state index is 12.6. The highest BCUT2D eigenvalue weighted by molar-refractivity contribution is 6.31. The second-order valence-corrected chi connectivity index (χ2v) is 6.86. The Hall–Kier alpha value is -2.73. The molecule has 0 radical (unpaired) electrons. The van der Waals surface area contributed by atoms with Gasteiger partial charge in [-0.3, -0.25) is 4.79 Å². The number of halogens is 1. The summed E-state index contributed by atoms with van der Waals surface area (Å²) in [5.74, 6) is -0.837. The van der Waals surface area contributed by atoms with Crippen molar-refractivity contribution in [1.29, 1.82) is 0 Å². The molecule has 0 unspecified atom stereocenters. The third-order valence-corrected chi connectivity index (χ3v) is 4.81. The number of para-hydroxylation sites is 1. The molecule has 0 aliphatic carbocycles. The minimum Gasteiger partial charge on any atom is -0.449 e. The highest BCUT2D eigenvalue weighted by Gasteiger charge is 2.28. The third-order valence-electron chi connectivity index (χ3n) is 4.58. The molecule has 7 heteroatoms. The Bertz CT molecular complexity index is 820. The molecule has 2 aromatic rings. The molecule has 1 aliphatic heterocycles. The Labute approximate surface area is 163 Å². The normalized spacial score (nSPS) is 15.3. The smallest absolute Gasteiger partial charge is 0.341 e. The Morgan fingerprint density at radius 2 is 1.74 bits per heavy atom. The second kappa shape index (κ2) is 8.31. The van der Waals surface area contributed by atoms with E-state index in [9.17, 15) is 9.59 Å². The van der Waals surface area contributed by atoms with E-state index in [1.165, 1.54) is 12.1 Å². The van der Waals surface area contributed by atoms with E-state index in [1.807, 2.05) is 18.2 Å². The van der Waals surface area contributed by atoms with Crippen LogP contribution in [0, 0.1) is 0 Å². The Morgan fingerprint density at radius 1 is 1.07 bits per heavy atom. The van der Waals surface area contributed by atoms with Crippen LogP contribution in [0.5, 0.6) is 0 Å². The average molecular weight is 388 g/mol. The van der Waals surface area contributed by atoms with E-state index < -0.39 is 12.1 Å². The van der Waals surface area contributed by atoms with Crippen LogP contribution in [0.4, 0.5) is 11.4 Å². The lowest BCUT2D eigenvalue weighted by molar-refractivity contribution is -0.140. The van der Waals surface area contributed by atoms with Gasteiger partial charge in [0, 0.05) is 42.6 Å². The van der Waals surface area contributed by atoms with E-state index in [2.05, 4.69) is 17.0 Å². The Morgan fingerprint density at radius 3 is 2.37 bits per heavy atom. The number of nitrogens with two attached hydrogens (primary N) is 1. The number of benzene rings is 2. The van der Waals surface area contributed by atoms with Crippen LogP contribution in [0.1, 0.15) is 17.3 Å². The van der Waals surface area contributed by atoms with E-state index >= 15 is 0 Å². The number of amides is 1. The fraction of sp³-hybridized carbons (Fsp3) is 0.300. The summed E-state index contributed by atoms with van der Waals surface area (Å²) in [7, 11) is 0. The van der Waals surface area contributed by atoms with Crippen molar-refractivity contribution < 1.29 is 14.3 Å². The predicted octanol–water partition coefficient (Wildman–Crippen LogP) is 2.82. The molecule has 27 heavy (non-hydrogen) atoms. The molecule has 2 aromatic carbocycles. The maximum Gasteiger partial charge on any atom is 0.341 e. The van der Waals surface area contributed by atoms with Crippen LogP contribution < -0.4 is 10.6 Å². The number of esters is 1. The minimum atomic E-state index is -0.879. The molecule has 1 atom stereocenters. The maximum atomic E-state index is 12.6. The van der Waals surface area contributed by atoms with Crippen LogP contribution in [-0.4, -0.2) is 49.1 Å². The van der Waals surface area contributed by atoms with Gasteiger partial charge in [-0.05, 0) is 37.3 Å². The van der Waals surface area contributed by atoms with Crippen molar-refractivity contribution in [1.82, 2.24) is 4.90 Å². The highest BCUT2D eigenvalue weighted by atomic mass is 35.5. The lowest BCUT2D eigenvalue weighted by atomic mass is 10.2. The largest absolute Gasteiger partial charge is 0.449 e. The molecule has 0 spiro atoms. The SMILES string of the molecule is C[C@H](OC(=O)c1ccc(Cl)cc1N)C(=O)N1CCN(c2ccccc2)CC1. The molecule has 1 fully saturated rings. The van der Waals surface area contributed by atoms with Crippen molar-refractivity contribution in [2.75, 3.05) is 36.8 Å². The number of nitrogen functional groups attached to an aromatic ring is 1. The van der Waals surface area contributed by atoms with E-state index in [0.717, 1.165) is 18.8 Å². The molecule has 2 N–H and O–H groups in total. The zero-order valence-electron chi connectivity index (χ0n) is 15.1. The lowest BCUT2D eigenvalue weighted by Crippen LogP contribution is -2.51. The first kappa shape index (κ1) is 19.0. The van der Waals surface area contributed by atoms with Crippen molar-refractivity contribution in [2.45, 2.75) is 13.0 Å². The van der Waals surface area contributed by atoms with Crippen molar-refractivity contribution in [2.24, 2.45) is 0 Å². The summed E-state index contributed by atoms with van der Waals surface area (Å²) in [6, 6.07) is 14.6. The first-order valence-corrected chi connectivity index (χ1v) is 9.18. The fourth-order valence-corrected chi connectivity index (χ4v) is 3.26. The van der Waals surface area contributed by atoms with Gasteiger partial charge in [0.25, 0.3) is 5.91 Å². The number of anilines is 2. The molecular formula is C20H22ClN3O3. The van der Waals surface area contributed by atoms with Crippen LogP contribution in [0.15, 0.2) is 48.5 Å². The molecule has 0 saturated carbocycles. The van der Waals surface area contributed by atoms with E-state index in [-0.39, 0.29) is 17.2 Å². The summed E-state index contributed by atoms with van der Waals surface area (Å²) in [4.78, 5) is 28.9. The summed E-state index contributed by atoms with van der Waals surface area (Å²) in [5.41, 5.74) is 7.37. The van der Waals surface area contributed by atoms with E-state index in [4.69, 9.17) is 22.1 Å². The quantitative estimate of drug-likeness (QED) is 0.645. The van der Waals surface area contributed by atoms with Gasteiger partial charge in [-0.2, -0.15) is 0 Å². The summed E-state index contributed by atoms with van der Waals surface area (Å²) >= 11 is 5.84. The summed E-state index contributed by atoms with van der Waals surface area (Å²) in [6.45, 7) is 4.22. The zero-order chi connectivity index (χ0) is 19.4. The van der Waals surface area contributed by atoms with Crippen LogP contribution in [-0.2, 0) is 9.53 Å². The molecule has 3 rings (SSSR count). The molecule has 6 nitrogen and oxygen atoms in total. The van der Waals surface area contributed by atoms with Gasteiger partial charge in [-0.15, -0.1) is 0 Å². The average Bonchev–Trinajstić information content (AvgIpc) is 2.68. The van der Waals surface area contributed by atoms with Crippen LogP contribution in [0.2, 0.25) is 5.02 Å². The number of carbonyl (C=O) groups is 2. The van der Waals surface area contributed by atoms with Crippen LogP contribution >= 0.6 is 11.6 Å². The van der Waals surface area contributed by atoms with Gasteiger partial charge in [0.15, 0.2) is 6.10 Å². The number of hydrogen-bond acceptors (Lipinski definition) is 5. The van der Waals surface area contributed by atoms with Gasteiger partial charge in [-0.25, -0.2) is 4.79 Å². The predicted molar refractivity (Wildman–Crippen MR) is 106 cm³/mol. The molecule has 1 saturated heterocycles. The molecule has 0 aromatic heterocycles. The number of ether oxygens (including phenoxy) is 1. The first-order chi connectivity index (χ1) is 13.0. The first-order valence-electron chi connectivity index (χ1n) is 8.80. The molecule has 0 bridgehead atoms. The van der Waals surface area contributed by atoms with Crippen molar-refractivity contribution in [3.63, 3.8) is 0 Å². The van der Waals surface area contributed by atoms with Gasteiger partial charge in [0.1, 0.15) is 0 Å². The topological polar surface area (TPSA) is 75.9 Å². The van der Waals surface area contributed by atoms with Crippen LogP contribution in [0.3, 0.4) is 0 Å². The van der Waals surface area contributed by atoms with Gasteiger partial charge < -0.3 is 20.3 Å². The third kappa shape index (κ3) is 4.52. The van der Waals surface area contributed by atoms with Crippen molar-refractivity contribution in [3.8, 4) is 0 Å². The van der Waals surface area contributed by atoms with Gasteiger partial charge in [0.2, 0.25) is 0 Å². The lowest BCUT2D eigenvalue weighted by Gasteiger charge is -2.37. The zero-order valence-corrected chi connectivity index (χ0v) is 15.9. The highest BCUT2D eigenvalue weighted by Crippen LogP contribution is 2.20. The Balaban J connectivity index is 1.55. The summed E-state index contributed by atoms with van der Waals surface area (Å²) in [5, 5.41) is 0.435. The number of hydrogen-bond donors (Lipinski definition) is 1. The van der Waals surface area contributed by atoms with Crippen molar-refractivity contribution >= 4 is 34.9 Å². The number of piperazine rings is 1. The van der Waals surface area contributed by atoms with Gasteiger partial charge in [0.05, 0.1) is 5.56 Å². The van der Waals surface area contributed by atoms with Crippen molar-refractivity contribution in [3.05, 3.63) is 59.1 Å². The monoisotopic (exact) mass is 387 g/mol. The van der Waals surface area contributed by atoms with E-state index in [0.29, 0.717) is 18.1 Å². The number of rotatable bonds is 4. The molecule has 142 valence electrons. The molecule has 1 heterocycles. The minimum absolute atomic E-state index is 0.202.